The number of hydrogen-bond donors (Lipinski definition) is 6. The minimum Gasteiger partial charge on any atom is -0.370 e. The second-order valence-corrected chi connectivity index (χ2v) is 10.9. The molecule has 0 fully saturated rings. The van der Waals surface area contributed by atoms with Crippen molar-refractivity contribution in [2.24, 2.45) is 0 Å². The van der Waals surface area contributed by atoms with E-state index in [0.29, 0.717) is 51.1 Å². The fourth-order valence-electron chi connectivity index (χ4n) is 4.51. The maximum Gasteiger partial charge on any atom is 0.253 e. The summed E-state index contributed by atoms with van der Waals surface area (Å²) in [5.41, 5.74) is 0. The molecule has 7 amide bonds. The molecule has 2 atom stereocenters. The Hall–Kier alpha value is -3.72. The van der Waals surface area contributed by atoms with Gasteiger partial charge in [0.05, 0.1) is 0 Å². The highest BCUT2D eigenvalue weighted by Crippen LogP contribution is 2.09. The molecule has 2 aliphatic heterocycles. The van der Waals surface area contributed by atoms with Crippen molar-refractivity contribution in [2.45, 2.75) is 76.5 Å². The fraction of sp³-hybridized carbons (Fsp3) is 0.621. The highest BCUT2D eigenvalue weighted by molar-refractivity contribution is 7.80. The SMILES string of the molecule is O=C(CCS)NCCCCCCNC(=O)[C@H](CCCCNC(=O)CCN1C(=O)C=CC1O)NC(=O)CCN1C(=O)C=CC1=O. The van der Waals surface area contributed by atoms with Gasteiger partial charge in [-0.1, -0.05) is 12.8 Å². The minimum absolute atomic E-state index is 0.0215. The molecular weight excluding hydrogens is 592 g/mol. The molecule has 0 saturated heterocycles. The third-order valence-corrected chi connectivity index (χ3v) is 7.24. The molecule has 0 aromatic heterocycles. The van der Waals surface area contributed by atoms with E-state index in [1.165, 1.54) is 17.1 Å². The lowest BCUT2D eigenvalue weighted by Gasteiger charge is -2.20. The first-order valence-electron chi connectivity index (χ1n) is 15.0. The number of nitrogens with one attached hydrogen (secondary N) is 4. The number of hydrogen-bond acceptors (Lipinski definition) is 9. The summed E-state index contributed by atoms with van der Waals surface area (Å²) >= 11 is 4.03. The average molecular weight is 637 g/mol. The molecule has 0 aliphatic carbocycles. The molecule has 2 aliphatic rings. The molecule has 0 aromatic carbocycles. The van der Waals surface area contributed by atoms with Gasteiger partial charge in [0, 0.05) is 70.2 Å². The van der Waals surface area contributed by atoms with E-state index in [-0.39, 0.29) is 49.6 Å². The second kappa shape index (κ2) is 20.3. The van der Waals surface area contributed by atoms with Crippen LogP contribution in [0.2, 0.25) is 0 Å². The molecule has 0 bridgehead atoms. The van der Waals surface area contributed by atoms with E-state index in [9.17, 15) is 38.7 Å². The Bertz CT molecular complexity index is 1080. The van der Waals surface area contributed by atoms with E-state index in [2.05, 4.69) is 33.9 Å². The summed E-state index contributed by atoms with van der Waals surface area (Å²) in [5, 5.41) is 20.8. The van der Waals surface area contributed by atoms with Gasteiger partial charge in [0.2, 0.25) is 29.5 Å². The number of carbonyl (C=O) groups excluding carboxylic acids is 7. The lowest BCUT2D eigenvalue weighted by molar-refractivity contribution is -0.138. The van der Waals surface area contributed by atoms with Crippen LogP contribution < -0.4 is 21.3 Å². The number of rotatable bonds is 22. The zero-order chi connectivity index (χ0) is 32.3. The number of nitrogens with zero attached hydrogens (tertiary/aromatic N) is 2. The Morgan fingerprint density at radius 3 is 1.89 bits per heavy atom. The van der Waals surface area contributed by atoms with Gasteiger partial charge in [-0.25, -0.2) is 0 Å². The smallest absolute Gasteiger partial charge is 0.253 e. The highest BCUT2D eigenvalue weighted by atomic mass is 32.1. The number of amides is 7. The molecule has 1 unspecified atom stereocenters. The number of aliphatic hydroxyl groups excluding tert-OH is 1. The second-order valence-electron chi connectivity index (χ2n) is 10.5. The van der Waals surface area contributed by atoms with Gasteiger partial charge in [-0.15, -0.1) is 0 Å². The van der Waals surface area contributed by atoms with Crippen LogP contribution in [-0.4, -0.2) is 107 Å². The van der Waals surface area contributed by atoms with Crippen molar-refractivity contribution < 1.29 is 38.7 Å². The van der Waals surface area contributed by atoms with Crippen molar-refractivity contribution in [3.8, 4) is 0 Å². The zero-order valence-corrected chi connectivity index (χ0v) is 25.8. The van der Waals surface area contributed by atoms with Crippen LogP contribution in [0.15, 0.2) is 24.3 Å². The molecule has 0 radical (unpaired) electrons. The van der Waals surface area contributed by atoms with E-state index < -0.39 is 30.0 Å². The van der Waals surface area contributed by atoms with Gasteiger partial charge < -0.3 is 31.3 Å². The monoisotopic (exact) mass is 636 g/mol. The number of carbonyl (C=O) groups is 7. The lowest BCUT2D eigenvalue weighted by Crippen LogP contribution is -2.47. The third kappa shape index (κ3) is 13.7. The largest absolute Gasteiger partial charge is 0.370 e. The maximum atomic E-state index is 12.9. The van der Waals surface area contributed by atoms with Crippen LogP contribution in [0.1, 0.15) is 64.2 Å². The number of unbranched alkanes of at least 4 members (excludes halogenated alkanes) is 4. The quantitative estimate of drug-likeness (QED) is 0.0510. The average Bonchev–Trinajstić information content (AvgIpc) is 3.49. The molecule has 0 aromatic rings. The molecule has 44 heavy (non-hydrogen) atoms. The van der Waals surface area contributed by atoms with Crippen LogP contribution >= 0.6 is 12.6 Å². The van der Waals surface area contributed by atoms with Crippen molar-refractivity contribution in [1.82, 2.24) is 31.1 Å². The Morgan fingerprint density at radius 1 is 0.727 bits per heavy atom. The lowest BCUT2D eigenvalue weighted by atomic mass is 10.1. The van der Waals surface area contributed by atoms with Gasteiger partial charge >= 0.3 is 0 Å². The number of aliphatic hydroxyl groups is 1. The Labute approximate surface area is 262 Å². The first-order chi connectivity index (χ1) is 21.1. The van der Waals surface area contributed by atoms with Gasteiger partial charge in [-0.2, -0.15) is 12.6 Å². The summed E-state index contributed by atoms with van der Waals surface area (Å²) in [6.07, 6.45) is 8.79. The molecule has 15 heteroatoms. The van der Waals surface area contributed by atoms with Crippen molar-refractivity contribution in [3.05, 3.63) is 24.3 Å². The van der Waals surface area contributed by atoms with Gasteiger partial charge in [0.1, 0.15) is 12.3 Å². The predicted molar refractivity (Wildman–Crippen MR) is 164 cm³/mol. The maximum absolute atomic E-state index is 12.9. The zero-order valence-electron chi connectivity index (χ0n) is 24.9. The Balaban J connectivity index is 1.71. The Kier molecular flexibility index (Phi) is 16.8. The molecule has 2 heterocycles. The molecule has 14 nitrogen and oxygen atoms in total. The van der Waals surface area contributed by atoms with E-state index >= 15 is 0 Å². The molecule has 244 valence electrons. The van der Waals surface area contributed by atoms with Crippen molar-refractivity contribution in [3.63, 3.8) is 0 Å². The first kappa shape index (κ1) is 36.5. The third-order valence-electron chi connectivity index (χ3n) is 7.01. The summed E-state index contributed by atoms with van der Waals surface area (Å²) in [6.45, 7) is 1.33. The summed E-state index contributed by atoms with van der Waals surface area (Å²) in [6, 6.07) is -0.835. The van der Waals surface area contributed by atoms with Crippen LogP contribution in [0.5, 0.6) is 0 Å². The van der Waals surface area contributed by atoms with Crippen molar-refractivity contribution >= 4 is 54.0 Å². The standard InChI is InChI=1S/C29H44N6O8S/c36-22(12-18-34-25(39)8-9-26(34)40)30-16-6-3-7-21(33-24(38)13-19-35-27(41)10-11-28(35)42)29(43)32-17-5-2-1-4-15-31-23(37)14-20-44/h8-11,21,25,39,44H,1-7,12-20H2,(H,30,36)(H,31,37)(H,32,43)(H,33,38)/t21-,25?/m0/s1. The number of thiol groups is 1. The van der Waals surface area contributed by atoms with Gasteiger partial charge in [-0.05, 0) is 43.9 Å². The topological polar surface area (TPSA) is 194 Å². The Morgan fingerprint density at radius 2 is 1.30 bits per heavy atom. The summed E-state index contributed by atoms with van der Waals surface area (Å²) < 4.78 is 0. The molecule has 2 rings (SSSR count). The van der Waals surface area contributed by atoms with Crippen molar-refractivity contribution in [2.75, 3.05) is 38.5 Å². The van der Waals surface area contributed by atoms with Crippen LogP contribution in [0.4, 0.5) is 0 Å². The fourth-order valence-corrected chi connectivity index (χ4v) is 4.71. The normalized spacial score (nSPS) is 16.4. The van der Waals surface area contributed by atoms with Crippen LogP contribution in [0.3, 0.4) is 0 Å². The molecule has 5 N–H and O–H groups in total. The van der Waals surface area contributed by atoms with E-state index in [0.717, 1.165) is 42.7 Å². The summed E-state index contributed by atoms with van der Waals surface area (Å²) in [5.74, 6) is -1.94. The molecule has 0 saturated carbocycles. The van der Waals surface area contributed by atoms with Crippen LogP contribution in [0.25, 0.3) is 0 Å². The minimum atomic E-state index is -1.02. The van der Waals surface area contributed by atoms with Crippen molar-refractivity contribution in [1.29, 1.82) is 0 Å². The van der Waals surface area contributed by atoms with Crippen LogP contribution in [0, 0.1) is 0 Å². The van der Waals surface area contributed by atoms with Gasteiger partial charge in [-0.3, -0.25) is 38.5 Å². The molecule has 0 spiro atoms. The highest BCUT2D eigenvalue weighted by Gasteiger charge is 2.26. The van der Waals surface area contributed by atoms with E-state index in [1.807, 2.05) is 0 Å². The summed E-state index contributed by atoms with van der Waals surface area (Å²) in [7, 11) is 0. The predicted octanol–water partition coefficient (Wildman–Crippen LogP) is -0.708. The first-order valence-corrected chi connectivity index (χ1v) is 15.7. The molecular formula is C29H44N6O8S. The number of imide groups is 1. The van der Waals surface area contributed by atoms with Crippen LogP contribution in [-0.2, 0) is 33.6 Å². The van der Waals surface area contributed by atoms with E-state index in [4.69, 9.17) is 0 Å². The summed E-state index contributed by atoms with van der Waals surface area (Å²) in [4.78, 5) is 86.4. The van der Waals surface area contributed by atoms with Gasteiger partial charge in [0.25, 0.3) is 11.8 Å². The van der Waals surface area contributed by atoms with E-state index in [1.54, 1.807) is 0 Å². The van der Waals surface area contributed by atoms with Gasteiger partial charge in [0.15, 0.2) is 0 Å².